The van der Waals surface area contributed by atoms with Crippen molar-refractivity contribution in [2.45, 2.75) is 120 Å². The topological polar surface area (TPSA) is 60.4 Å². The Morgan fingerprint density at radius 3 is 2.14 bits per heavy atom. The number of hydrogen-bond donors (Lipinski definition) is 0. The van der Waals surface area contributed by atoms with Gasteiger partial charge in [-0.15, -0.1) is 0 Å². The maximum atomic E-state index is 14.1. The minimum atomic E-state index is -0.174. The number of ketones is 2. The van der Waals surface area contributed by atoms with E-state index in [4.69, 9.17) is 4.74 Å². The molecule has 0 spiro atoms. The average Bonchev–Trinajstić information content (AvgIpc) is 2.80. The van der Waals surface area contributed by atoms with Gasteiger partial charge in [0.05, 0.1) is 0 Å². The second-order valence-corrected chi connectivity index (χ2v) is 14.5. The number of carbonyl (C=O) groups excluding carboxylic acids is 3. The highest BCUT2D eigenvalue weighted by Gasteiger charge is 2.67. The van der Waals surface area contributed by atoms with Crippen LogP contribution in [0.5, 0.6) is 0 Å². The molecule has 4 aliphatic rings. The summed E-state index contributed by atoms with van der Waals surface area (Å²) in [7, 11) is 0. The van der Waals surface area contributed by atoms with Crippen LogP contribution in [0.1, 0.15) is 114 Å². The standard InChI is InChI=1S/C32H50O4/c1-19(2)22-18-24(34)20(3)12-16-31(8)23(28(22)35)10-11-26-30(7)15-14-27(36-21(4)33)29(5,6)25(30)13-17-32(26,31)9/h18-20,23,25-27H,10-17H2,1-9H3/b22-18-/t20-,23+,25-,26+,27-,30-,31+,32+/m0/s1. The first-order valence-corrected chi connectivity index (χ1v) is 14.6. The lowest BCUT2D eigenvalue weighted by Crippen LogP contribution is -2.65. The highest BCUT2D eigenvalue weighted by molar-refractivity contribution is 6.05. The number of hydrogen-bond acceptors (Lipinski definition) is 4. The monoisotopic (exact) mass is 498 g/mol. The van der Waals surface area contributed by atoms with E-state index >= 15 is 0 Å². The summed E-state index contributed by atoms with van der Waals surface area (Å²) in [6, 6.07) is 0. The predicted octanol–water partition coefficient (Wildman–Crippen LogP) is 7.34. The van der Waals surface area contributed by atoms with Crippen LogP contribution in [0.25, 0.3) is 0 Å². The number of allylic oxidation sites excluding steroid dienone is 2. The van der Waals surface area contributed by atoms with Crippen molar-refractivity contribution in [2.24, 2.45) is 51.2 Å². The normalized spacial score (nSPS) is 46.3. The Morgan fingerprint density at radius 2 is 1.53 bits per heavy atom. The summed E-state index contributed by atoms with van der Waals surface area (Å²) >= 11 is 0. The Labute approximate surface area is 219 Å². The van der Waals surface area contributed by atoms with Crippen molar-refractivity contribution in [1.82, 2.24) is 0 Å². The highest BCUT2D eigenvalue weighted by atomic mass is 16.5. The van der Waals surface area contributed by atoms with Gasteiger partial charge in [-0.2, -0.15) is 0 Å². The molecule has 0 saturated heterocycles. The average molecular weight is 499 g/mol. The Morgan fingerprint density at radius 1 is 0.889 bits per heavy atom. The molecule has 0 aromatic heterocycles. The van der Waals surface area contributed by atoms with Crippen LogP contribution in [-0.4, -0.2) is 23.6 Å². The molecule has 0 radical (unpaired) electrons. The third-order valence-electron chi connectivity index (χ3n) is 12.2. The van der Waals surface area contributed by atoms with Gasteiger partial charge in [0.2, 0.25) is 0 Å². The zero-order chi connectivity index (χ0) is 26.8. The molecule has 0 aromatic carbocycles. The third kappa shape index (κ3) is 3.95. The number of Topliss-reactive ketones (excluding diaryl/α,β-unsaturated/α-hetero) is 1. The van der Waals surface area contributed by atoms with E-state index in [0.717, 1.165) is 56.9 Å². The maximum Gasteiger partial charge on any atom is 0.302 e. The number of rotatable bonds is 2. The number of esters is 1. The van der Waals surface area contributed by atoms with E-state index in [-0.39, 0.29) is 63.1 Å². The first kappa shape index (κ1) is 27.6. The molecule has 0 bridgehead atoms. The first-order chi connectivity index (χ1) is 16.6. The lowest BCUT2D eigenvalue weighted by molar-refractivity contribution is -0.229. The summed E-state index contributed by atoms with van der Waals surface area (Å²) in [5.74, 6) is 1.19. The third-order valence-corrected chi connectivity index (χ3v) is 12.2. The fraction of sp³-hybridized carbons (Fsp3) is 0.844. The summed E-state index contributed by atoms with van der Waals surface area (Å²) in [6.45, 7) is 19.7. The van der Waals surface area contributed by atoms with Crippen molar-refractivity contribution in [3.8, 4) is 0 Å². The van der Waals surface area contributed by atoms with Crippen molar-refractivity contribution < 1.29 is 19.1 Å². The van der Waals surface area contributed by atoms with Crippen molar-refractivity contribution in [3.63, 3.8) is 0 Å². The van der Waals surface area contributed by atoms with Crippen molar-refractivity contribution in [3.05, 3.63) is 11.6 Å². The van der Waals surface area contributed by atoms with Gasteiger partial charge in [-0.05, 0) is 91.4 Å². The molecular formula is C32H50O4. The molecule has 3 saturated carbocycles. The summed E-state index contributed by atoms with van der Waals surface area (Å²) < 4.78 is 5.86. The highest BCUT2D eigenvalue weighted by Crippen LogP contribution is 2.73. The van der Waals surface area contributed by atoms with Crippen LogP contribution in [0.15, 0.2) is 11.6 Å². The van der Waals surface area contributed by atoms with E-state index in [9.17, 15) is 14.4 Å². The first-order valence-electron chi connectivity index (χ1n) is 14.6. The van der Waals surface area contributed by atoms with Gasteiger partial charge >= 0.3 is 5.97 Å². The molecule has 0 aliphatic heterocycles. The molecule has 0 amide bonds. The van der Waals surface area contributed by atoms with Gasteiger partial charge in [-0.1, -0.05) is 55.4 Å². The van der Waals surface area contributed by atoms with Gasteiger partial charge in [0.25, 0.3) is 0 Å². The van der Waals surface area contributed by atoms with E-state index in [1.54, 1.807) is 6.08 Å². The zero-order valence-corrected chi connectivity index (χ0v) is 24.3. The van der Waals surface area contributed by atoms with Crippen LogP contribution in [-0.2, 0) is 19.1 Å². The molecule has 4 heteroatoms. The van der Waals surface area contributed by atoms with Crippen LogP contribution in [0.2, 0.25) is 0 Å². The minimum absolute atomic E-state index is 0.0176. The van der Waals surface area contributed by atoms with Crippen LogP contribution in [0.4, 0.5) is 0 Å². The van der Waals surface area contributed by atoms with Gasteiger partial charge in [0.1, 0.15) is 6.10 Å². The summed E-state index contributed by atoms with van der Waals surface area (Å²) in [5, 5.41) is 0. The summed E-state index contributed by atoms with van der Waals surface area (Å²) in [5.41, 5.74) is 0.734. The number of carbonyl (C=O) groups is 3. The predicted molar refractivity (Wildman–Crippen MR) is 143 cm³/mol. The molecule has 4 aliphatic carbocycles. The molecule has 3 fully saturated rings. The van der Waals surface area contributed by atoms with Crippen LogP contribution < -0.4 is 0 Å². The van der Waals surface area contributed by atoms with Crippen LogP contribution >= 0.6 is 0 Å². The van der Waals surface area contributed by atoms with E-state index in [2.05, 4.69) is 48.5 Å². The molecular weight excluding hydrogens is 448 g/mol. The van der Waals surface area contributed by atoms with E-state index in [1.165, 1.54) is 6.92 Å². The Hall–Kier alpha value is -1.45. The lowest BCUT2D eigenvalue weighted by atomic mass is 9.34. The second kappa shape index (κ2) is 9.09. The molecule has 0 heterocycles. The quantitative estimate of drug-likeness (QED) is 0.374. The van der Waals surface area contributed by atoms with Gasteiger partial charge in [-0.3, -0.25) is 14.4 Å². The number of ether oxygens (including phenoxy) is 1. The van der Waals surface area contributed by atoms with Crippen molar-refractivity contribution in [2.75, 3.05) is 0 Å². The molecule has 0 aromatic rings. The van der Waals surface area contributed by atoms with E-state index in [0.29, 0.717) is 11.8 Å². The molecule has 4 nitrogen and oxygen atoms in total. The van der Waals surface area contributed by atoms with Crippen molar-refractivity contribution in [1.29, 1.82) is 0 Å². The Balaban J connectivity index is 1.75. The Kier molecular flexibility index (Phi) is 6.96. The van der Waals surface area contributed by atoms with Crippen LogP contribution in [0.3, 0.4) is 0 Å². The fourth-order valence-electron chi connectivity index (χ4n) is 9.88. The van der Waals surface area contributed by atoms with Gasteiger partial charge in [-0.25, -0.2) is 0 Å². The van der Waals surface area contributed by atoms with Gasteiger partial charge < -0.3 is 4.74 Å². The fourth-order valence-corrected chi connectivity index (χ4v) is 9.88. The van der Waals surface area contributed by atoms with Gasteiger partial charge in [0.15, 0.2) is 11.6 Å². The van der Waals surface area contributed by atoms with E-state index < -0.39 is 0 Å². The maximum absolute atomic E-state index is 14.1. The summed E-state index contributed by atoms with van der Waals surface area (Å²) in [4.78, 5) is 39.0. The second-order valence-electron chi connectivity index (χ2n) is 14.5. The molecule has 4 rings (SSSR count). The SMILES string of the molecule is CC(=O)O[C@H]1CC[C@]2(C)[C@H]3CC[C@@H]4C(=O)/C(C(C)C)=C\C(=O)[C@@H](C)CC[C@@]4(C)[C@]3(C)CC[C@H]2C1(C)C. The molecule has 0 N–H and O–H groups in total. The van der Waals surface area contributed by atoms with Crippen LogP contribution in [0, 0.1) is 51.2 Å². The van der Waals surface area contributed by atoms with Gasteiger partial charge in [0, 0.05) is 29.7 Å². The zero-order valence-electron chi connectivity index (χ0n) is 24.3. The molecule has 202 valence electrons. The van der Waals surface area contributed by atoms with Crippen molar-refractivity contribution >= 4 is 17.5 Å². The Bertz CT molecular complexity index is 959. The minimum Gasteiger partial charge on any atom is -0.462 e. The molecule has 8 atom stereocenters. The molecule has 36 heavy (non-hydrogen) atoms. The molecule has 0 unspecified atom stereocenters. The lowest BCUT2D eigenvalue weighted by Gasteiger charge is -2.70. The summed E-state index contributed by atoms with van der Waals surface area (Å²) in [6.07, 6.45) is 9.63. The smallest absolute Gasteiger partial charge is 0.302 e. The largest absolute Gasteiger partial charge is 0.462 e. The number of fused-ring (bicyclic) bond motifs is 5. The van der Waals surface area contributed by atoms with E-state index in [1.807, 2.05) is 6.92 Å².